The van der Waals surface area contributed by atoms with Crippen molar-refractivity contribution in [1.82, 2.24) is 4.72 Å². The summed E-state index contributed by atoms with van der Waals surface area (Å²) >= 11 is 0. The Hall–Kier alpha value is -1.15. The second-order valence-corrected chi connectivity index (χ2v) is 7.37. The van der Waals surface area contributed by atoms with E-state index in [-0.39, 0.29) is 35.5 Å². The number of ether oxygens (including phenoxy) is 1. The van der Waals surface area contributed by atoms with E-state index in [1.807, 2.05) is 13.8 Å². The van der Waals surface area contributed by atoms with Crippen molar-refractivity contribution in [3.8, 4) is 0 Å². The fraction of sp³-hybridized carbons (Fsp3) is 0.533. The molecule has 0 radical (unpaired) electrons. The SMILES string of the molecule is COC(=O)c1cc(S(=O)(=O)NC(CN)CC(C)C)ccc1C.Cl. The van der Waals surface area contributed by atoms with Crippen LogP contribution in [-0.4, -0.2) is 34.1 Å². The number of carbonyl (C=O) groups excluding carboxylic acids is 1. The maximum atomic E-state index is 12.4. The van der Waals surface area contributed by atoms with Crippen molar-refractivity contribution in [2.24, 2.45) is 11.7 Å². The molecular formula is C15H25ClN2O4S. The minimum absolute atomic E-state index is 0. The molecule has 1 unspecified atom stereocenters. The number of esters is 1. The zero-order chi connectivity index (χ0) is 16.9. The maximum Gasteiger partial charge on any atom is 0.338 e. The van der Waals surface area contributed by atoms with E-state index >= 15 is 0 Å². The smallest absolute Gasteiger partial charge is 0.338 e. The van der Waals surface area contributed by atoms with Gasteiger partial charge in [0.1, 0.15) is 0 Å². The van der Waals surface area contributed by atoms with Gasteiger partial charge < -0.3 is 10.5 Å². The topological polar surface area (TPSA) is 98.5 Å². The Bertz CT molecular complexity index is 632. The van der Waals surface area contributed by atoms with Gasteiger partial charge in [-0.2, -0.15) is 0 Å². The number of rotatable bonds is 7. The first-order valence-electron chi connectivity index (χ1n) is 7.12. The quantitative estimate of drug-likeness (QED) is 0.719. The number of nitrogens with two attached hydrogens (primary N) is 1. The molecule has 0 bridgehead atoms. The molecule has 0 amide bonds. The Morgan fingerprint density at radius 3 is 2.43 bits per heavy atom. The lowest BCUT2D eigenvalue weighted by Gasteiger charge is -2.19. The average Bonchev–Trinajstić information content (AvgIpc) is 2.45. The molecule has 1 aromatic carbocycles. The molecule has 0 spiro atoms. The van der Waals surface area contributed by atoms with E-state index in [9.17, 15) is 13.2 Å². The molecular weight excluding hydrogens is 340 g/mol. The van der Waals surface area contributed by atoms with Crippen molar-refractivity contribution < 1.29 is 17.9 Å². The molecule has 1 aromatic rings. The number of hydrogen-bond donors (Lipinski definition) is 2. The summed E-state index contributed by atoms with van der Waals surface area (Å²) in [6.45, 7) is 5.93. The molecule has 0 aliphatic heterocycles. The molecule has 6 nitrogen and oxygen atoms in total. The van der Waals surface area contributed by atoms with Crippen molar-refractivity contribution >= 4 is 28.4 Å². The summed E-state index contributed by atoms with van der Waals surface area (Å²) in [6.07, 6.45) is 0.644. The Kier molecular flexibility index (Phi) is 8.76. The maximum absolute atomic E-state index is 12.4. The largest absolute Gasteiger partial charge is 0.465 e. The molecule has 0 fully saturated rings. The van der Waals surface area contributed by atoms with E-state index in [0.717, 1.165) is 0 Å². The van der Waals surface area contributed by atoms with Crippen LogP contribution in [0.25, 0.3) is 0 Å². The summed E-state index contributed by atoms with van der Waals surface area (Å²) in [5.41, 5.74) is 6.52. The fourth-order valence-corrected chi connectivity index (χ4v) is 3.43. The zero-order valence-corrected chi connectivity index (χ0v) is 15.5. The number of hydrogen-bond acceptors (Lipinski definition) is 5. The van der Waals surface area contributed by atoms with Crippen molar-refractivity contribution in [2.75, 3.05) is 13.7 Å². The molecule has 132 valence electrons. The third-order valence-electron chi connectivity index (χ3n) is 3.29. The molecule has 0 aliphatic rings. The summed E-state index contributed by atoms with van der Waals surface area (Å²) in [6, 6.07) is 4.04. The lowest BCUT2D eigenvalue weighted by molar-refractivity contribution is 0.0599. The number of halogens is 1. The number of methoxy groups -OCH3 is 1. The first-order valence-corrected chi connectivity index (χ1v) is 8.61. The minimum Gasteiger partial charge on any atom is -0.465 e. The first-order chi connectivity index (χ1) is 10.2. The first kappa shape index (κ1) is 21.9. The van der Waals surface area contributed by atoms with E-state index in [1.165, 1.54) is 19.2 Å². The standard InChI is InChI=1S/C15H24N2O4S.ClH/c1-10(2)7-12(9-16)17-22(19,20)13-6-5-11(3)14(8-13)15(18)21-4;/h5-6,8,10,12,17H,7,9,16H2,1-4H3;1H. The zero-order valence-electron chi connectivity index (χ0n) is 13.8. The number of nitrogens with one attached hydrogen (secondary N) is 1. The highest BCUT2D eigenvalue weighted by molar-refractivity contribution is 7.89. The van der Waals surface area contributed by atoms with Crippen LogP contribution >= 0.6 is 12.4 Å². The normalized spacial score (nSPS) is 12.6. The fourth-order valence-electron chi connectivity index (χ4n) is 2.15. The van der Waals surface area contributed by atoms with E-state index in [1.54, 1.807) is 13.0 Å². The number of aryl methyl sites for hydroxylation is 1. The van der Waals surface area contributed by atoms with Crippen LogP contribution in [-0.2, 0) is 14.8 Å². The van der Waals surface area contributed by atoms with Crippen molar-refractivity contribution in [1.29, 1.82) is 0 Å². The van der Waals surface area contributed by atoms with Gasteiger partial charge in [-0.15, -0.1) is 12.4 Å². The molecule has 0 aromatic heterocycles. The Morgan fingerprint density at radius 2 is 1.96 bits per heavy atom. The lowest BCUT2D eigenvalue weighted by atomic mass is 10.1. The van der Waals surface area contributed by atoms with E-state index < -0.39 is 16.0 Å². The van der Waals surface area contributed by atoms with Gasteiger partial charge in [-0.05, 0) is 37.0 Å². The average molecular weight is 365 g/mol. The number of benzene rings is 1. The summed E-state index contributed by atoms with van der Waals surface area (Å²) in [4.78, 5) is 11.7. The molecule has 0 saturated heterocycles. The Morgan fingerprint density at radius 1 is 1.35 bits per heavy atom. The van der Waals surface area contributed by atoms with Crippen LogP contribution in [0.5, 0.6) is 0 Å². The molecule has 1 rings (SSSR count). The van der Waals surface area contributed by atoms with Gasteiger partial charge in [0.15, 0.2) is 0 Å². The van der Waals surface area contributed by atoms with Gasteiger partial charge in [0, 0.05) is 12.6 Å². The predicted octanol–water partition coefficient (Wildman–Crippen LogP) is 1.86. The van der Waals surface area contributed by atoms with Crippen molar-refractivity contribution in [3.05, 3.63) is 29.3 Å². The van der Waals surface area contributed by atoms with Gasteiger partial charge in [0.2, 0.25) is 10.0 Å². The van der Waals surface area contributed by atoms with Crippen LogP contribution in [0.1, 0.15) is 36.2 Å². The van der Waals surface area contributed by atoms with Gasteiger partial charge in [-0.25, -0.2) is 17.9 Å². The van der Waals surface area contributed by atoms with E-state index in [0.29, 0.717) is 17.9 Å². The van der Waals surface area contributed by atoms with Crippen LogP contribution in [0.2, 0.25) is 0 Å². The van der Waals surface area contributed by atoms with Crippen LogP contribution in [0.15, 0.2) is 23.1 Å². The summed E-state index contributed by atoms with van der Waals surface area (Å²) in [5.74, 6) is -0.244. The highest BCUT2D eigenvalue weighted by Gasteiger charge is 2.22. The lowest BCUT2D eigenvalue weighted by Crippen LogP contribution is -2.41. The molecule has 1 atom stereocenters. The van der Waals surface area contributed by atoms with Crippen LogP contribution < -0.4 is 10.5 Å². The van der Waals surface area contributed by atoms with Gasteiger partial charge in [-0.3, -0.25) is 0 Å². The van der Waals surface area contributed by atoms with Gasteiger partial charge in [0.05, 0.1) is 17.6 Å². The summed E-state index contributed by atoms with van der Waals surface area (Å²) in [7, 11) is -2.48. The van der Waals surface area contributed by atoms with Crippen LogP contribution in [0, 0.1) is 12.8 Å². The van der Waals surface area contributed by atoms with Gasteiger partial charge in [-0.1, -0.05) is 19.9 Å². The molecule has 0 heterocycles. The van der Waals surface area contributed by atoms with Crippen molar-refractivity contribution in [3.63, 3.8) is 0 Å². The second-order valence-electron chi connectivity index (χ2n) is 5.65. The second kappa shape index (κ2) is 9.22. The monoisotopic (exact) mass is 364 g/mol. The molecule has 0 aliphatic carbocycles. The third kappa shape index (κ3) is 6.10. The highest BCUT2D eigenvalue weighted by atomic mass is 35.5. The van der Waals surface area contributed by atoms with Gasteiger partial charge in [0.25, 0.3) is 0 Å². The molecule has 0 saturated carbocycles. The summed E-state index contributed by atoms with van der Waals surface area (Å²) < 4.78 is 32.1. The number of carbonyl (C=O) groups is 1. The van der Waals surface area contributed by atoms with E-state index in [2.05, 4.69) is 9.46 Å². The Labute approximate surface area is 144 Å². The molecule has 23 heavy (non-hydrogen) atoms. The predicted molar refractivity (Wildman–Crippen MR) is 92.4 cm³/mol. The molecule has 3 N–H and O–H groups in total. The van der Waals surface area contributed by atoms with Crippen molar-refractivity contribution in [2.45, 2.75) is 38.1 Å². The molecule has 8 heteroatoms. The minimum atomic E-state index is -3.74. The van der Waals surface area contributed by atoms with E-state index in [4.69, 9.17) is 5.73 Å². The Balaban J connectivity index is 0.00000484. The third-order valence-corrected chi connectivity index (χ3v) is 4.81. The highest BCUT2D eigenvalue weighted by Crippen LogP contribution is 2.17. The summed E-state index contributed by atoms with van der Waals surface area (Å²) in [5, 5.41) is 0. The van der Waals surface area contributed by atoms with Gasteiger partial charge >= 0.3 is 5.97 Å². The van der Waals surface area contributed by atoms with Crippen LogP contribution in [0.4, 0.5) is 0 Å². The van der Waals surface area contributed by atoms with Crippen LogP contribution in [0.3, 0.4) is 0 Å². The number of sulfonamides is 1.